The minimum absolute atomic E-state index is 0.0941. The number of piperazine rings is 1. The van der Waals surface area contributed by atoms with Crippen molar-refractivity contribution in [2.45, 2.75) is 25.9 Å². The number of benzene rings is 2. The van der Waals surface area contributed by atoms with Crippen LogP contribution in [0.15, 0.2) is 42.5 Å². The molecule has 1 aliphatic heterocycles. The van der Waals surface area contributed by atoms with Gasteiger partial charge in [0.05, 0.1) is 24.9 Å². The second kappa shape index (κ2) is 9.94. The molecule has 30 heavy (non-hydrogen) atoms. The number of aryl methyl sites for hydroxylation is 1. The summed E-state index contributed by atoms with van der Waals surface area (Å²) in [7, 11) is 1.55. The molecule has 3 rings (SSSR count). The number of hydrogen-bond acceptors (Lipinski definition) is 5. The predicted molar refractivity (Wildman–Crippen MR) is 119 cm³/mol. The smallest absolute Gasteiger partial charge is 0.241 e. The van der Waals surface area contributed by atoms with Crippen molar-refractivity contribution in [1.82, 2.24) is 9.80 Å². The quantitative estimate of drug-likeness (QED) is 0.759. The topological polar surface area (TPSA) is 68.6 Å². The van der Waals surface area contributed by atoms with Crippen LogP contribution in [0, 0.1) is 18.3 Å². The third-order valence-electron chi connectivity index (χ3n) is 5.62. The highest BCUT2D eigenvalue weighted by Gasteiger charge is 2.29. The van der Waals surface area contributed by atoms with Gasteiger partial charge in [0, 0.05) is 37.3 Å². The van der Waals surface area contributed by atoms with Gasteiger partial charge in [-0.2, -0.15) is 5.26 Å². The summed E-state index contributed by atoms with van der Waals surface area (Å²) in [5.74, 6) is 0.444. The molecule has 0 saturated carbocycles. The number of anilines is 1. The van der Waals surface area contributed by atoms with Crippen molar-refractivity contribution >= 4 is 23.2 Å². The second-order valence-corrected chi connectivity index (χ2v) is 7.89. The van der Waals surface area contributed by atoms with Crippen molar-refractivity contribution in [1.29, 1.82) is 5.26 Å². The first-order valence-corrected chi connectivity index (χ1v) is 10.4. The van der Waals surface area contributed by atoms with E-state index in [9.17, 15) is 10.1 Å². The number of hydrogen-bond donors (Lipinski definition) is 1. The van der Waals surface area contributed by atoms with E-state index in [0.29, 0.717) is 16.5 Å². The molecule has 1 N–H and O–H groups in total. The van der Waals surface area contributed by atoms with Gasteiger partial charge in [-0.1, -0.05) is 41.9 Å². The van der Waals surface area contributed by atoms with Crippen molar-refractivity contribution in [3.05, 3.63) is 58.6 Å². The highest BCUT2D eigenvalue weighted by Crippen LogP contribution is 2.31. The Labute approximate surface area is 183 Å². The molecule has 158 valence electrons. The maximum absolute atomic E-state index is 12.9. The van der Waals surface area contributed by atoms with Crippen LogP contribution in [0.2, 0.25) is 5.02 Å². The Morgan fingerprint density at radius 2 is 1.80 bits per heavy atom. The highest BCUT2D eigenvalue weighted by atomic mass is 35.5. The molecule has 2 atom stereocenters. The lowest BCUT2D eigenvalue weighted by Crippen LogP contribution is -2.53. The number of carbonyl (C=O) groups excluding carboxylic acids is 1. The van der Waals surface area contributed by atoms with E-state index in [0.717, 1.165) is 37.3 Å². The van der Waals surface area contributed by atoms with Gasteiger partial charge in [0.1, 0.15) is 11.8 Å². The molecule has 6 nitrogen and oxygen atoms in total. The lowest BCUT2D eigenvalue weighted by Gasteiger charge is -2.39. The van der Waals surface area contributed by atoms with Gasteiger partial charge in [-0.3, -0.25) is 14.6 Å². The highest BCUT2D eigenvalue weighted by molar-refractivity contribution is 6.31. The molecule has 1 aliphatic rings. The van der Waals surface area contributed by atoms with E-state index in [1.165, 1.54) is 0 Å². The summed E-state index contributed by atoms with van der Waals surface area (Å²) < 4.78 is 5.35. The van der Waals surface area contributed by atoms with Crippen molar-refractivity contribution in [2.75, 3.05) is 38.6 Å². The molecule has 2 aromatic carbocycles. The maximum Gasteiger partial charge on any atom is 0.241 e. The fourth-order valence-electron chi connectivity index (χ4n) is 3.72. The van der Waals surface area contributed by atoms with E-state index in [1.807, 2.05) is 50.2 Å². The number of nitriles is 1. The van der Waals surface area contributed by atoms with Gasteiger partial charge in [0.2, 0.25) is 5.91 Å². The van der Waals surface area contributed by atoms with E-state index >= 15 is 0 Å². The van der Waals surface area contributed by atoms with Gasteiger partial charge < -0.3 is 10.1 Å². The maximum atomic E-state index is 12.9. The second-order valence-electron chi connectivity index (χ2n) is 7.48. The minimum atomic E-state index is -0.301. The number of carbonyl (C=O) groups is 1. The SMILES string of the molecule is COc1cc(Cl)c(C)cc1NC(=O)C(C)N1CCN(C(C#N)c2ccccc2)CC1. The molecule has 1 fully saturated rings. The van der Waals surface area contributed by atoms with Crippen LogP contribution < -0.4 is 10.1 Å². The monoisotopic (exact) mass is 426 g/mol. The minimum Gasteiger partial charge on any atom is -0.495 e. The molecule has 1 saturated heterocycles. The molecule has 7 heteroatoms. The van der Waals surface area contributed by atoms with Crippen molar-refractivity contribution in [3.63, 3.8) is 0 Å². The average Bonchev–Trinajstić information content (AvgIpc) is 2.77. The molecule has 0 spiro atoms. The molecule has 2 aromatic rings. The van der Waals surface area contributed by atoms with Crippen molar-refractivity contribution < 1.29 is 9.53 Å². The third-order valence-corrected chi connectivity index (χ3v) is 6.02. The Morgan fingerprint density at radius 1 is 1.17 bits per heavy atom. The Hall–Kier alpha value is -2.59. The number of methoxy groups -OCH3 is 1. The van der Waals surface area contributed by atoms with Gasteiger partial charge in [-0.15, -0.1) is 0 Å². The predicted octanol–water partition coefficient (Wildman–Crippen LogP) is 3.87. The standard InChI is InChI=1S/C23H27ClN4O2/c1-16-13-20(22(30-3)14-19(16)24)26-23(29)17(2)27-9-11-28(12-10-27)21(15-25)18-7-5-4-6-8-18/h4-8,13-14,17,21H,9-12H2,1-3H3,(H,26,29). The molecular formula is C23H27ClN4O2. The Bertz CT molecular complexity index is 921. The first kappa shape index (κ1) is 22.1. The number of nitrogens with zero attached hydrogens (tertiary/aromatic N) is 3. The zero-order chi connectivity index (χ0) is 21.7. The fraction of sp³-hybridized carbons (Fsp3) is 0.391. The molecular weight excluding hydrogens is 400 g/mol. The zero-order valence-corrected chi connectivity index (χ0v) is 18.3. The van der Waals surface area contributed by atoms with Crippen molar-refractivity contribution in [3.8, 4) is 11.8 Å². The van der Waals surface area contributed by atoms with Crippen LogP contribution in [0.5, 0.6) is 5.75 Å². The molecule has 1 amide bonds. The molecule has 1 heterocycles. The van der Waals surface area contributed by atoms with Crippen LogP contribution in [0.25, 0.3) is 0 Å². The summed E-state index contributed by atoms with van der Waals surface area (Å²) in [6, 6.07) is 15.2. The largest absolute Gasteiger partial charge is 0.495 e. The number of nitrogens with one attached hydrogen (secondary N) is 1. The number of ether oxygens (including phenoxy) is 1. The molecule has 0 bridgehead atoms. The summed E-state index contributed by atoms with van der Waals surface area (Å²) in [4.78, 5) is 17.2. The Morgan fingerprint density at radius 3 is 2.40 bits per heavy atom. The van der Waals surface area contributed by atoms with Crippen LogP contribution in [0.4, 0.5) is 5.69 Å². The lowest BCUT2D eigenvalue weighted by atomic mass is 10.1. The number of halogens is 1. The van der Waals surface area contributed by atoms with Gasteiger partial charge in [-0.25, -0.2) is 0 Å². The van der Waals surface area contributed by atoms with Crippen LogP contribution in [0.3, 0.4) is 0 Å². The first-order valence-electron chi connectivity index (χ1n) is 10.0. The Balaban J connectivity index is 1.61. The van der Waals surface area contributed by atoms with Crippen LogP contribution in [-0.4, -0.2) is 55.0 Å². The van der Waals surface area contributed by atoms with Gasteiger partial charge in [0.25, 0.3) is 0 Å². The Kier molecular flexibility index (Phi) is 7.33. The first-order chi connectivity index (χ1) is 14.4. The normalized spacial score (nSPS) is 17.0. The zero-order valence-electron chi connectivity index (χ0n) is 17.6. The van der Waals surface area contributed by atoms with Crippen molar-refractivity contribution in [2.24, 2.45) is 0 Å². The van der Waals surface area contributed by atoms with Gasteiger partial charge in [-0.05, 0) is 31.0 Å². The summed E-state index contributed by atoms with van der Waals surface area (Å²) in [6.07, 6.45) is 0. The van der Waals surface area contributed by atoms with E-state index in [1.54, 1.807) is 13.2 Å². The number of rotatable bonds is 6. The summed E-state index contributed by atoms with van der Waals surface area (Å²) in [5, 5.41) is 13.2. The lowest BCUT2D eigenvalue weighted by molar-refractivity contribution is -0.121. The molecule has 0 aliphatic carbocycles. The van der Waals surface area contributed by atoms with E-state index < -0.39 is 0 Å². The van der Waals surface area contributed by atoms with Crippen LogP contribution in [0.1, 0.15) is 24.1 Å². The van der Waals surface area contributed by atoms with Crippen LogP contribution >= 0.6 is 11.6 Å². The number of amides is 1. The summed E-state index contributed by atoms with van der Waals surface area (Å²) in [6.45, 7) is 6.69. The van der Waals surface area contributed by atoms with E-state index in [4.69, 9.17) is 16.3 Å². The van der Waals surface area contributed by atoms with E-state index in [-0.39, 0.29) is 18.0 Å². The fourth-order valence-corrected chi connectivity index (χ4v) is 3.87. The third kappa shape index (κ3) is 4.93. The summed E-state index contributed by atoms with van der Waals surface area (Å²) in [5.41, 5.74) is 2.49. The molecule has 2 unspecified atom stereocenters. The van der Waals surface area contributed by atoms with Gasteiger partial charge >= 0.3 is 0 Å². The van der Waals surface area contributed by atoms with Crippen LogP contribution in [-0.2, 0) is 4.79 Å². The van der Waals surface area contributed by atoms with Gasteiger partial charge in [0.15, 0.2) is 0 Å². The average molecular weight is 427 g/mol. The summed E-state index contributed by atoms with van der Waals surface area (Å²) >= 11 is 6.15. The van der Waals surface area contributed by atoms with E-state index in [2.05, 4.69) is 21.2 Å². The molecule has 0 aromatic heterocycles. The molecule has 0 radical (unpaired) electrons.